The molecule has 2 amide bonds. The molecule has 1 N–H and O–H groups in total. The highest BCUT2D eigenvalue weighted by molar-refractivity contribution is 5.94. The fourth-order valence-electron chi connectivity index (χ4n) is 3.43. The van der Waals surface area contributed by atoms with Crippen molar-refractivity contribution >= 4 is 11.8 Å². The Labute approximate surface area is 150 Å². The summed E-state index contributed by atoms with van der Waals surface area (Å²) in [5, 5.41) is 2.97. The van der Waals surface area contributed by atoms with E-state index in [0.29, 0.717) is 19.1 Å². The van der Waals surface area contributed by atoms with Crippen molar-refractivity contribution in [3.8, 4) is 0 Å². The van der Waals surface area contributed by atoms with Crippen molar-refractivity contribution in [1.82, 2.24) is 15.1 Å². The van der Waals surface area contributed by atoms with Gasteiger partial charge in [0.25, 0.3) is 5.91 Å². The van der Waals surface area contributed by atoms with Gasteiger partial charge in [-0.25, -0.2) is 0 Å². The Balaban J connectivity index is 1.44. The largest absolute Gasteiger partial charge is 0.351 e. The van der Waals surface area contributed by atoms with Crippen LogP contribution in [0.3, 0.4) is 0 Å². The number of nitrogens with one attached hydrogen (secondary N) is 1. The summed E-state index contributed by atoms with van der Waals surface area (Å²) < 4.78 is 0. The smallest absolute Gasteiger partial charge is 0.253 e. The molecule has 2 fully saturated rings. The monoisotopic (exact) mass is 343 g/mol. The Kier molecular flexibility index (Phi) is 5.74. The first kappa shape index (κ1) is 17.9. The maximum Gasteiger partial charge on any atom is 0.253 e. The Morgan fingerprint density at radius 1 is 1.20 bits per heavy atom. The number of nitrogens with zero attached hydrogens (tertiary/aromatic N) is 2. The van der Waals surface area contributed by atoms with E-state index in [2.05, 4.69) is 17.1 Å². The van der Waals surface area contributed by atoms with Crippen LogP contribution in [0, 0.1) is 5.92 Å². The van der Waals surface area contributed by atoms with E-state index >= 15 is 0 Å². The van der Waals surface area contributed by atoms with Crippen LogP contribution in [0.25, 0.3) is 0 Å². The summed E-state index contributed by atoms with van der Waals surface area (Å²) >= 11 is 0. The van der Waals surface area contributed by atoms with E-state index in [1.807, 2.05) is 36.2 Å². The van der Waals surface area contributed by atoms with E-state index in [0.717, 1.165) is 43.0 Å². The van der Waals surface area contributed by atoms with E-state index in [1.54, 1.807) is 0 Å². The summed E-state index contributed by atoms with van der Waals surface area (Å²) in [6, 6.07) is 8.06. The molecule has 1 heterocycles. The van der Waals surface area contributed by atoms with Crippen LogP contribution >= 0.6 is 0 Å². The van der Waals surface area contributed by atoms with Crippen molar-refractivity contribution in [3.63, 3.8) is 0 Å². The Morgan fingerprint density at radius 3 is 2.44 bits per heavy atom. The molecule has 0 aromatic heterocycles. The van der Waals surface area contributed by atoms with Crippen LogP contribution in [0.4, 0.5) is 0 Å². The third-order valence-corrected chi connectivity index (χ3v) is 5.48. The second-order valence-corrected chi connectivity index (χ2v) is 7.47. The molecule has 5 heteroatoms. The molecule has 25 heavy (non-hydrogen) atoms. The number of likely N-dealkylation sites (tertiary alicyclic amines) is 1. The van der Waals surface area contributed by atoms with Gasteiger partial charge in [0, 0.05) is 31.2 Å². The van der Waals surface area contributed by atoms with Crippen molar-refractivity contribution in [2.24, 2.45) is 5.92 Å². The molecular weight excluding hydrogens is 314 g/mol. The van der Waals surface area contributed by atoms with Gasteiger partial charge in [-0.2, -0.15) is 0 Å². The number of carbonyl (C=O) groups excluding carboxylic acids is 2. The molecule has 2 aliphatic rings. The minimum absolute atomic E-state index is 0.0484. The number of carbonyl (C=O) groups is 2. The fourth-order valence-corrected chi connectivity index (χ4v) is 3.43. The van der Waals surface area contributed by atoms with Gasteiger partial charge in [0.05, 0.1) is 6.54 Å². The molecule has 0 spiro atoms. The first-order valence-corrected chi connectivity index (χ1v) is 9.40. The molecular formula is C20H29N3O2. The van der Waals surface area contributed by atoms with E-state index in [4.69, 9.17) is 0 Å². The first-order chi connectivity index (χ1) is 12.0. The van der Waals surface area contributed by atoms with Gasteiger partial charge in [0.1, 0.15) is 0 Å². The quantitative estimate of drug-likeness (QED) is 0.826. The predicted molar refractivity (Wildman–Crippen MR) is 98.2 cm³/mol. The van der Waals surface area contributed by atoms with Gasteiger partial charge in [-0.1, -0.05) is 12.1 Å². The molecule has 1 aliphatic heterocycles. The van der Waals surface area contributed by atoms with E-state index in [9.17, 15) is 9.59 Å². The van der Waals surface area contributed by atoms with Crippen molar-refractivity contribution in [3.05, 3.63) is 35.4 Å². The van der Waals surface area contributed by atoms with Crippen LogP contribution in [-0.4, -0.2) is 54.3 Å². The molecule has 0 radical (unpaired) electrons. The second-order valence-electron chi connectivity index (χ2n) is 7.47. The zero-order valence-corrected chi connectivity index (χ0v) is 15.3. The van der Waals surface area contributed by atoms with Gasteiger partial charge < -0.3 is 10.2 Å². The maximum absolute atomic E-state index is 12.3. The lowest BCUT2D eigenvalue weighted by atomic mass is 10.1. The fraction of sp³-hybridized carbons (Fsp3) is 0.600. The third kappa shape index (κ3) is 4.82. The average molecular weight is 343 g/mol. The van der Waals surface area contributed by atoms with Crippen molar-refractivity contribution in [1.29, 1.82) is 0 Å². The summed E-state index contributed by atoms with van der Waals surface area (Å²) in [6.45, 7) is 4.86. The van der Waals surface area contributed by atoms with E-state index < -0.39 is 0 Å². The van der Waals surface area contributed by atoms with Crippen LogP contribution in [-0.2, 0) is 11.3 Å². The van der Waals surface area contributed by atoms with Crippen LogP contribution in [0.15, 0.2) is 24.3 Å². The molecule has 1 aliphatic carbocycles. The van der Waals surface area contributed by atoms with Crippen LogP contribution in [0.1, 0.15) is 48.5 Å². The SMILES string of the molecule is CC(C1CC1)N(C)CC(=O)NCc1ccc(C(=O)N2CCCC2)cc1. The van der Waals surface area contributed by atoms with Crippen molar-refractivity contribution < 1.29 is 9.59 Å². The zero-order valence-electron chi connectivity index (χ0n) is 15.3. The molecule has 1 unspecified atom stereocenters. The van der Waals surface area contributed by atoms with Gasteiger partial charge >= 0.3 is 0 Å². The topological polar surface area (TPSA) is 52.7 Å². The molecule has 0 bridgehead atoms. The Morgan fingerprint density at radius 2 is 1.84 bits per heavy atom. The molecule has 1 aromatic rings. The molecule has 136 valence electrons. The second kappa shape index (κ2) is 8.00. The van der Waals surface area contributed by atoms with Gasteiger partial charge in [-0.3, -0.25) is 14.5 Å². The summed E-state index contributed by atoms with van der Waals surface area (Å²) in [5.41, 5.74) is 1.75. The van der Waals surface area contributed by atoms with Crippen LogP contribution in [0.2, 0.25) is 0 Å². The predicted octanol–water partition coefficient (Wildman–Crippen LogP) is 2.27. The van der Waals surface area contributed by atoms with Gasteiger partial charge in [0.15, 0.2) is 0 Å². The van der Waals surface area contributed by atoms with E-state index in [-0.39, 0.29) is 11.8 Å². The summed E-state index contributed by atoms with van der Waals surface area (Å²) in [4.78, 5) is 28.5. The highest BCUT2D eigenvalue weighted by atomic mass is 16.2. The zero-order chi connectivity index (χ0) is 17.8. The third-order valence-electron chi connectivity index (χ3n) is 5.48. The molecule has 1 saturated heterocycles. The number of rotatable bonds is 7. The normalized spacial score (nSPS) is 18.4. The Hall–Kier alpha value is -1.88. The average Bonchev–Trinajstić information content (AvgIpc) is 3.33. The van der Waals surface area contributed by atoms with Gasteiger partial charge in [-0.15, -0.1) is 0 Å². The van der Waals surface area contributed by atoms with E-state index in [1.165, 1.54) is 12.8 Å². The molecule has 5 nitrogen and oxygen atoms in total. The van der Waals surface area contributed by atoms with Crippen molar-refractivity contribution in [2.75, 3.05) is 26.7 Å². The molecule has 1 saturated carbocycles. The van der Waals surface area contributed by atoms with Crippen molar-refractivity contribution in [2.45, 2.75) is 45.2 Å². The molecule has 1 aromatic carbocycles. The van der Waals surface area contributed by atoms with Gasteiger partial charge in [-0.05, 0) is 63.3 Å². The Bertz CT molecular complexity index is 604. The number of benzene rings is 1. The molecule has 3 rings (SSSR count). The van der Waals surface area contributed by atoms with Crippen LogP contribution in [0.5, 0.6) is 0 Å². The lowest BCUT2D eigenvalue weighted by Gasteiger charge is -2.23. The number of hydrogen-bond donors (Lipinski definition) is 1. The number of hydrogen-bond acceptors (Lipinski definition) is 3. The lowest BCUT2D eigenvalue weighted by molar-refractivity contribution is -0.122. The maximum atomic E-state index is 12.3. The molecule has 1 atom stereocenters. The summed E-state index contributed by atoms with van der Waals surface area (Å²) in [7, 11) is 2.02. The minimum Gasteiger partial charge on any atom is -0.351 e. The summed E-state index contributed by atoms with van der Waals surface area (Å²) in [5.74, 6) is 0.925. The highest BCUT2D eigenvalue weighted by Gasteiger charge is 2.30. The number of amides is 2. The highest BCUT2D eigenvalue weighted by Crippen LogP contribution is 2.34. The lowest BCUT2D eigenvalue weighted by Crippen LogP contribution is -2.40. The van der Waals surface area contributed by atoms with Crippen LogP contribution < -0.4 is 5.32 Å². The minimum atomic E-state index is 0.0484. The standard InChI is InChI=1S/C20H29N3O2/c1-15(17-9-10-17)22(2)14-19(24)21-13-16-5-7-18(8-6-16)20(25)23-11-3-4-12-23/h5-8,15,17H,3-4,9-14H2,1-2H3,(H,21,24). The first-order valence-electron chi connectivity index (χ1n) is 9.40. The van der Waals surface area contributed by atoms with Gasteiger partial charge in [0.2, 0.25) is 5.91 Å². The summed E-state index contributed by atoms with van der Waals surface area (Å²) in [6.07, 6.45) is 4.78. The number of likely N-dealkylation sites (N-methyl/N-ethyl adjacent to an activating group) is 1.